The highest BCUT2D eigenvalue weighted by Crippen LogP contribution is 2.34. The number of ether oxygens (including phenoxy) is 2. The molecule has 4 aromatic rings. The number of hydrogen-bond acceptors (Lipinski definition) is 6. The Kier molecular flexibility index (Phi) is 8.00. The minimum absolute atomic E-state index is 0.801. The molecule has 0 amide bonds. The molecular formula is C25H21ClO7. The van der Waals surface area contributed by atoms with Gasteiger partial charge in [-0.05, 0) is 54.1 Å². The third kappa shape index (κ3) is 7.28. The van der Waals surface area contributed by atoms with E-state index < -0.39 is 10.2 Å². The molecule has 0 aliphatic carbocycles. The van der Waals surface area contributed by atoms with Gasteiger partial charge in [-0.1, -0.05) is 30.3 Å². The molecule has 0 atom stereocenters. The molecule has 0 N–H and O–H groups in total. The standard InChI is InChI=1S/C25H21O3.ClHO4/c1-26-22-12-8-19(9-13-22)24-16-21(18-6-4-3-5-7-18)17-25(28-24)20-10-14-23(27-2)15-11-20;2-1(3,4)5/h3-17H,1-2H3;(H,2,3,4,5)/q+1;/p-1. The van der Waals surface area contributed by atoms with E-state index in [4.69, 9.17) is 32.5 Å². The molecule has 0 fully saturated rings. The molecule has 0 radical (unpaired) electrons. The zero-order chi connectivity index (χ0) is 23.8. The van der Waals surface area contributed by atoms with Gasteiger partial charge in [-0.15, -0.1) is 10.2 Å². The first-order valence-corrected chi connectivity index (χ1v) is 10.9. The first-order valence-electron chi connectivity index (χ1n) is 9.71. The zero-order valence-electron chi connectivity index (χ0n) is 17.9. The van der Waals surface area contributed by atoms with Gasteiger partial charge in [0.25, 0.3) is 0 Å². The van der Waals surface area contributed by atoms with E-state index in [0.717, 1.165) is 45.3 Å². The number of benzene rings is 3. The van der Waals surface area contributed by atoms with Crippen LogP contribution in [0.3, 0.4) is 0 Å². The second-order valence-electron chi connectivity index (χ2n) is 6.78. The van der Waals surface area contributed by atoms with Crippen LogP contribution < -0.4 is 28.1 Å². The molecule has 33 heavy (non-hydrogen) atoms. The van der Waals surface area contributed by atoms with E-state index in [0.29, 0.717) is 0 Å². The average molecular weight is 469 g/mol. The van der Waals surface area contributed by atoms with E-state index in [9.17, 15) is 0 Å². The SMILES string of the molecule is COc1ccc(-c2cc(-c3ccccc3)cc(-c3ccc(OC)cc3)[o+]2)cc1.[O-][Cl+3]([O-])([O-])[O-]. The average Bonchev–Trinajstić information content (AvgIpc) is 2.83. The molecule has 170 valence electrons. The van der Waals surface area contributed by atoms with Crippen molar-refractivity contribution in [2.75, 3.05) is 14.2 Å². The smallest absolute Gasteiger partial charge is 0.361 e. The summed E-state index contributed by atoms with van der Waals surface area (Å²) in [5, 5.41) is 0. The summed E-state index contributed by atoms with van der Waals surface area (Å²) in [5.41, 5.74) is 4.23. The second-order valence-corrected chi connectivity index (χ2v) is 7.53. The zero-order valence-corrected chi connectivity index (χ0v) is 18.7. The lowest BCUT2D eigenvalue weighted by atomic mass is 10.0. The maximum absolute atomic E-state index is 8.49. The van der Waals surface area contributed by atoms with Crippen LogP contribution in [0.2, 0.25) is 0 Å². The van der Waals surface area contributed by atoms with Crippen molar-refractivity contribution in [2.45, 2.75) is 0 Å². The van der Waals surface area contributed by atoms with Crippen molar-refractivity contribution in [1.29, 1.82) is 0 Å². The van der Waals surface area contributed by atoms with Crippen LogP contribution in [0, 0.1) is 10.2 Å². The molecule has 0 spiro atoms. The predicted molar refractivity (Wildman–Crippen MR) is 113 cm³/mol. The molecule has 0 saturated carbocycles. The van der Waals surface area contributed by atoms with Gasteiger partial charge in [0.2, 0.25) is 0 Å². The van der Waals surface area contributed by atoms with Crippen molar-refractivity contribution < 1.29 is 42.8 Å². The van der Waals surface area contributed by atoms with Crippen molar-refractivity contribution in [1.82, 2.24) is 0 Å². The molecule has 1 heterocycles. The summed E-state index contributed by atoms with van der Waals surface area (Å²) in [6.07, 6.45) is 0. The second kappa shape index (κ2) is 10.9. The van der Waals surface area contributed by atoms with Gasteiger partial charge in [0.05, 0.1) is 37.5 Å². The van der Waals surface area contributed by atoms with Crippen LogP contribution in [-0.2, 0) is 0 Å². The van der Waals surface area contributed by atoms with Gasteiger partial charge in [-0.25, -0.2) is 23.1 Å². The van der Waals surface area contributed by atoms with Gasteiger partial charge < -0.3 is 9.47 Å². The molecule has 0 saturated heterocycles. The largest absolute Gasteiger partial charge is 0.497 e. The van der Waals surface area contributed by atoms with Crippen molar-refractivity contribution in [3.8, 4) is 45.3 Å². The van der Waals surface area contributed by atoms with Crippen LogP contribution in [-0.4, -0.2) is 14.2 Å². The van der Waals surface area contributed by atoms with Gasteiger partial charge in [0, 0.05) is 5.56 Å². The Labute approximate surface area is 193 Å². The van der Waals surface area contributed by atoms with Crippen LogP contribution in [0.25, 0.3) is 33.8 Å². The van der Waals surface area contributed by atoms with Crippen LogP contribution in [0.15, 0.2) is 95.4 Å². The van der Waals surface area contributed by atoms with E-state index in [-0.39, 0.29) is 0 Å². The summed E-state index contributed by atoms with van der Waals surface area (Å²) in [6.45, 7) is 0. The Morgan fingerprint density at radius 3 is 1.30 bits per heavy atom. The summed E-state index contributed by atoms with van der Waals surface area (Å²) in [5.74, 6) is 3.24. The van der Waals surface area contributed by atoms with Crippen LogP contribution >= 0.6 is 0 Å². The Hall–Kier alpha value is -3.46. The molecule has 0 unspecified atom stereocenters. The Morgan fingerprint density at radius 2 is 0.939 bits per heavy atom. The van der Waals surface area contributed by atoms with Gasteiger partial charge >= 0.3 is 11.5 Å². The molecule has 7 nitrogen and oxygen atoms in total. The van der Waals surface area contributed by atoms with Crippen molar-refractivity contribution in [2.24, 2.45) is 0 Å². The third-order valence-electron chi connectivity index (χ3n) is 4.65. The summed E-state index contributed by atoms with van der Waals surface area (Å²) in [4.78, 5) is 0. The summed E-state index contributed by atoms with van der Waals surface area (Å²) < 4.78 is 50.8. The highest BCUT2D eigenvalue weighted by molar-refractivity contribution is 5.74. The minimum atomic E-state index is -4.94. The monoisotopic (exact) mass is 468 g/mol. The molecule has 0 aliphatic rings. The Balaban J connectivity index is 0.000000555. The van der Waals surface area contributed by atoms with Crippen molar-refractivity contribution in [3.05, 3.63) is 91.0 Å². The minimum Gasteiger partial charge on any atom is -0.497 e. The van der Waals surface area contributed by atoms with Crippen LogP contribution in [0.5, 0.6) is 11.5 Å². The van der Waals surface area contributed by atoms with E-state index in [1.807, 2.05) is 66.7 Å². The van der Waals surface area contributed by atoms with E-state index in [1.165, 1.54) is 0 Å². The maximum atomic E-state index is 8.49. The van der Waals surface area contributed by atoms with Crippen LogP contribution in [0.4, 0.5) is 0 Å². The normalized spacial score (nSPS) is 10.7. The molecule has 4 rings (SSSR count). The highest BCUT2D eigenvalue weighted by Gasteiger charge is 2.20. The molecule has 0 bridgehead atoms. The fourth-order valence-corrected chi connectivity index (χ4v) is 3.09. The Morgan fingerprint density at radius 1 is 0.545 bits per heavy atom. The van der Waals surface area contributed by atoms with E-state index in [1.54, 1.807) is 14.2 Å². The van der Waals surface area contributed by atoms with E-state index in [2.05, 4.69) is 24.3 Å². The lowest BCUT2D eigenvalue weighted by Crippen LogP contribution is -2.68. The highest BCUT2D eigenvalue weighted by atomic mass is 35.7. The lowest BCUT2D eigenvalue weighted by Gasteiger charge is -2.17. The molecule has 0 aliphatic heterocycles. The number of hydrogen-bond donors (Lipinski definition) is 0. The van der Waals surface area contributed by atoms with Gasteiger partial charge in [0.15, 0.2) is 0 Å². The van der Waals surface area contributed by atoms with Crippen LogP contribution in [0.1, 0.15) is 0 Å². The molecule has 3 aromatic carbocycles. The first-order chi connectivity index (χ1) is 15.8. The number of methoxy groups -OCH3 is 2. The van der Waals surface area contributed by atoms with E-state index >= 15 is 0 Å². The summed E-state index contributed by atoms with van der Waals surface area (Å²) in [7, 11) is -1.62. The summed E-state index contributed by atoms with van der Waals surface area (Å²) in [6, 6.07) is 30.2. The third-order valence-corrected chi connectivity index (χ3v) is 4.65. The van der Waals surface area contributed by atoms with Gasteiger partial charge in [0.1, 0.15) is 11.5 Å². The maximum Gasteiger partial charge on any atom is 0.361 e. The topological polar surface area (TPSA) is 122 Å². The van der Waals surface area contributed by atoms with Gasteiger partial charge in [-0.3, -0.25) is 0 Å². The fraction of sp³-hybridized carbons (Fsp3) is 0.0800. The lowest BCUT2D eigenvalue weighted by molar-refractivity contribution is -2.00. The Bertz CT molecular complexity index is 1080. The fourth-order valence-electron chi connectivity index (χ4n) is 3.09. The van der Waals surface area contributed by atoms with Crippen molar-refractivity contribution >= 4 is 0 Å². The number of rotatable bonds is 5. The molecule has 1 aromatic heterocycles. The van der Waals surface area contributed by atoms with Gasteiger partial charge in [-0.2, -0.15) is 0 Å². The number of halogens is 1. The van der Waals surface area contributed by atoms with Crippen molar-refractivity contribution in [3.63, 3.8) is 0 Å². The predicted octanol–water partition coefficient (Wildman–Crippen LogP) is 1.82. The quantitative estimate of drug-likeness (QED) is 0.409. The molecule has 8 heteroatoms. The molecular weight excluding hydrogens is 448 g/mol. The summed E-state index contributed by atoms with van der Waals surface area (Å²) >= 11 is 0. The first kappa shape index (κ1) is 24.2.